The number of rotatable bonds is 5. The topological polar surface area (TPSA) is 32.3 Å². The van der Waals surface area contributed by atoms with Gasteiger partial charge in [-0.2, -0.15) is 0 Å². The Morgan fingerprint density at radius 3 is 2.35 bits per heavy atom. The van der Waals surface area contributed by atoms with Gasteiger partial charge in [0.05, 0.1) is 0 Å². The quantitative estimate of drug-likeness (QED) is 0.864. The smallest absolute Gasteiger partial charge is 0.123 e. The fourth-order valence-electron chi connectivity index (χ4n) is 2.04. The molecule has 2 nitrogen and oxygen atoms in total. The fraction of sp³-hybridized carbons (Fsp3) is 0.294. The average molecular weight is 273 g/mol. The molecule has 0 saturated carbocycles. The number of hydrogen-bond acceptors (Lipinski definition) is 2. The minimum absolute atomic E-state index is 0.244. The van der Waals surface area contributed by atoms with Gasteiger partial charge in [0.2, 0.25) is 0 Å². The van der Waals surface area contributed by atoms with Crippen LogP contribution in [0.2, 0.25) is 0 Å². The highest BCUT2D eigenvalue weighted by Crippen LogP contribution is 2.26. The van der Waals surface area contributed by atoms with E-state index in [0.717, 1.165) is 23.2 Å². The SMILES string of the molecule is CC(C)CNCc1cc(-c2ccc(F)cc2)ccc1O. The molecule has 2 aromatic rings. The first kappa shape index (κ1) is 14.5. The number of phenols is 1. The van der Waals surface area contributed by atoms with Crippen molar-refractivity contribution in [1.82, 2.24) is 5.32 Å². The second-order valence-electron chi connectivity index (χ2n) is 5.38. The van der Waals surface area contributed by atoms with E-state index in [0.29, 0.717) is 12.5 Å². The van der Waals surface area contributed by atoms with Crippen molar-refractivity contribution in [2.24, 2.45) is 5.92 Å². The van der Waals surface area contributed by atoms with Crippen LogP contribution in [0, 0.1) is 11.7 Å². The Kier molecular flexibility index (Phi) is 4.74. The summed E-state index contributed by atoms with van der Waals surface area (Å²) in [4.78, 5) is 0. The van der Waals surface area contributed by atoms with Gasteiger partial charge < -0.3 is 10.4 Å². The Labute approximate surface area is 119 Å². The summed E-state index contributed by atoms with van der Waals surface area (Å²) in [6.45, 7) is 5.81. The van der Waals surface area contributed by atoms with Gasteiger partial charge in [0.1, 0.15) is 11.6 Å². The molecule has 0 bridgehead atoms. The zero-order chi connectivity index (χ0) is 14.5. The third-order valence-corrected chi connectivity index (χ3v) is 3.13. The predicted octanol–water partition coefficient (Wildman–Crippen LogP) is 3.94. The molecule has 2 N–H and O–H groups in total. The maximum atomic E-state index is 12.9. The lowest BCUT2D eigenvalue weighted by Crippen LogP contribution is -2.19. The summed E-state index contributed by atoms with van der Waals surface area (Å²) in [7, 11) is 0. The van der Waals surface area contributed by atoms with Gasteiger partial charge in [-0.1, -0.05) is 32.0 Å². The molecule has 0 atom stereocenters. The Hall–Kier alpha value is -1.87. The van der Waals surface area contributed by atoms with Crippen molar-refractivity contribution < 1.29 is 9.50 Å². The molecule has 3 heteroatoms. The molecule has 0 saturated heterocycles. The van der Waals surface area contributed by atoms with Crippen LogP contribution in [0.5, 0.6) is 5.75 Å². The zero-order valence-electron chi connectivity index (χ0n) is 11.9. The molecule has 106 valence electrons. The van der Waals surface area contributed by atoms with Gasteiger partial charge >= 0.3 is 0 Å². The largest absolute Gasteiger partial charge is 0.508 e. The number of aromatic hydroxyl groups is 1. The summed E-state index contributed by atoms with van der Waals surface area (Å²) in [6, 6.07) is 11.8. The van der Waals surface area contributed by atoms with Gasteiger partial charge in [-0.05, 0) is 47.9 Å². The van der Waals surface area contributed by atoms with Crippen LogP contribution >= 0.6 is 0 Å². The van der Waals surface area contributed by atoms with Crippen molar-refractivity contribution in [3.8, 4) is 16.9 Å². The first-order chi connectivity index (χ1) is 9.56. The summed E-state index contributed by atoms with van der Waals surface area (Å²) >= 11 is 0. The Morgan fingerprint density at radius 2 is 1.70 bits per heavy atom. The van der Waals surface area contributed by atoms with Crippen LogP contribution in [0.4, 0.5) is 4.39 Å². The molecule has 2 aromatic carbocycles. The monoisotopic (exact) mass is 273 g/mol. The molecule has 0 heterocycles. The van der Waals surface area contributed by atoms with Gasteiger partial charge in [0.15, 0.2) is 0 Å². The maximum Gasteiger partial charge on any atom is 0.123 e. The van der Waals surface area contributed by atoms with E-state index in [9.17, 15) is 9.50 Å². The van der Waals surface area contributed by atoms with Crippen LogP contribution in [0.1, 0.15) is 19.4 Å². The van der Waals surface area contributed by atoms with E-state index in [4.69, 9.17) is 0 Å². The highest BCUT2D eigenvalue weighted by atomic mass is 19.1. The average Bonchev–Trinajstić information content (AvgIpc) is 2.41. The Balaban J connectivity index is 2.17. The van der Waals surface area contributed by atoms with Gasteiger partial charge in [0.25, 0.3) is 0 Å². The van der Waals surface area contributed by atoms with Gasteiger partial charge in [-0.3, -0.25) is 0 Å². The van der Waals surface area contributed by atoms with Gasteiger partial charge in [0, 0.05) is 12.1 Å². The van der Waals surface area contributed by atoms with E-state index < -0.39 is 0 Å². The van der Waals surface area contributed by atoms with E-state index >= 15 is 0 Å². The minimum atomic E-state index is -0.244. The lowest BCUT2D eigenvalue weighted by atomic mass is 10.0. The van der Waals surface area contributed by atoms with Crippen LogP contribution in [-0.2, 0) is 6.54 Å². The van der Waals surface area contributed by atoms with Crippen molar-refractivity contribution >= 4 is 0 Å². The summed E-state index contributed by atoms with van der Waals surface area (Å²) in [5.41, 5.74) is 2.77. The molecule has 0 aromatic heterocycles. The highest BCUT2D eigenvalue weighted by Gasteiger charge is 2.05. The van der Waals surface area contributed by atoms with E-state index in [1.165, 1.54) is 12.1 Å². The summed E-state index contributed by atoms with van der Waals surface area (Å²) in [5, 5.41) is 13.2. The van der Waals surface area contributed by atoms with Crippen LogP contribution < -0.4 is 5.32 Å². The van der Waals surface area contributed by atoms with Crippen molar-refractivity contribution in [2.75, 3.05) is 6.54 Å². The Bertz CT molecular complexity index is 564. The highest BCUT2D eigenvalue weighted by molar-refractivity contribution is 5.65. The maximum absolute atomic E-state index is 12.9. The molecular formula is C17H20FNO. The molecule has 0 aliphatic rings. The van der Waals surface area contributed by atoms with Crippen molar-refractivity contribution in [2.45, 2.75) is 20.4 Å². The second kappa shape index (κ2) is 6.53. The number of phenolic OH excluding ortho intramolecular Hbond substituents is 1. The molecule has 0 unspecified atom stereocenters. The van der Waals surface area contributed by atoms with Crippen LogP contribution in [0.25, 0.3) is 11.1 Å². The molecule has 0 radical (unpaired) electrons. The number of halogens is 1. The van der Waals surface area contributed by atoms with Crippen molar-refractivity contribution in [3.63, 3.8) is 0 Å². The molecule has 0 amide bonds. The van der Waals surface area contributed by atoms with Crippen LogP contribution in [0.3, 0.4) is 0 Å². The van der Waals surface area contributed by atoms with E-state index in [2.05, 4.69) is 19.2 Å². The molecule has 0 spiro atoms. The van der Waals surface area contributed by atoms with E-state index in [-0.39, 0.29) is 11.6 Å². The van der Waals surface area contributed by atoms with Gasteiger partial charge in [-0.25, -0.2) is 4.39 Å². The molecule has 0 fully saturated rings. The van der Waals surface area contributed by atoms with E-state index in [1.54, 1.807) is 18.2 Å². The first-order valence-electron chi connectivity index (χ1n) is 6.85. The molecule has 2 rings (SSSR count). The number of hydrogen-bond donors (Lipinski definition) is 2. The van der Waals surface area contributed by atoms with Gasteiger partial charge in [-0.15, -0.1) is 0 Å². The lowest BCUT2D eigenvalue weighted by Gasteiger charge is -2.11. The summed E-state index contributed by atoms with van der Waals surface area (Å²) in [5.74, 6) is 0.607. The normalized spacial score (nSPS) is 11.0. The lowest BCUT2D eigenvalue weighted by molar-refractivity contribution is 0.461. The molecular weight excluding hydrogens is 253 g/mol. The third-order valence-electron chi connectivity index (χ3n) is 3.13. The van der Waals surface area contributed by atoms with Crippen molar-refractivity contribution in [3.05, 3.63) is 53.8 Å². The zero-order valence-corrected chi connectivity index (χ0v) is 11.9. The second-order valence-corrected chi connectivity index (χ2v) is 5.38. The summed E-state index contributed by atoms with van der Waals surface area (Å²) < 4.78 is 12.9. The Morgan fingerprint density at radius 1 is 1.05 bits per heavy atom. The standard InChI is InChI=1S/C17H20FNO/c1-12(2)10-19-11-15-9-14(5-8-17(15)20)13-3-6-16(18)7-4-13/h3-9,12,19-20H,10-11H2,1-2H3. The number of benzene rings is 2. The van der Waals surface area contributed by atoms with E-state index in [1.807, 2.05) is 12.1 Å². The van der Waals surface area contributed by atoms with Crippen LogP contribution in [-0.4, -0.2) is 11.7 Å². The summed E-state index contributed by atoms with van der Waals surface area (Å²) in [6.07, 6.45) is 0. The molecule has 0 aliphatic heterocycles. The molecule has 20 heavy (non-hydrogen) atoms. The molecule has 0 aliphatic carbocycles. The van der Waals surface area contributed by atoms with Crippen LogP contribution in [0.15, 0.2) is 42.5 Å². The first-order valence-corrected chi connectivity index (χ1v) is 6.85. The fourth-order valence-corrected chi connectivity index (χ4v) is 2.04. The third kappa shape index (κ3) is 3.81. The number of nitrogens with one attached hydrogen (secondary N) is 1. The minimum Gasteiger partial charge on any atom is -0.508 e. The van der Waals surface area contributed by atoms with Crippen molar-refractivity contribution in [1.29, 1.82) is 0 Å². The predicted molar refractivity (Wildman–Crippen MR) is 80.0 cm³/mol.